The zero-order chi connectivity index (χ0) is 9.84. The molecule has 0 amide bonds. The molecule has 0 radical (unpaired) electrons. The largest absolute Gasteiger partial charge is 0.496 e. The number of ether oxygens (including phenoxy) is 1. The first-order valence-corrected chi connectivity index (χ1v) is 5.32. The first-order valence-electron chi connectivity index (χ1n) is 4.41. The number of rotatable bonds is 3. The molecule has 1 unspecified atom stereocenters. The van der Waals surface area contributed by atoms with Crippen LogP contribution < -0.4 is 4.74 Å². The van der Waals surface area contributed by atoms with Crippen LogP contribution in [0.3, 0.4) is 0 Å². The molecule has 0 bridgehead atoms. The van der Waals surface area contributed by atoms with E-state index in [1.165, 1.54) is 11.1 Å². The van der Waals surface area contributed by atoms with Crippen LogP contribution in [0.5, 0.6) is 5.75 Å². The third-order valence-corrected chi connectivity index (χ3v) is 2.26. The van der Waals surface area contributed by atoms with E-state index in [-0.39, 0.29) is 0 Å². The summed E-state index contributed by atoms with van der Waals surface area (Å²) in [5, 5.41) is 0. The van der Waals surface area contributed by atoms with Crippen molar-refractivity contribution < 1.29 is 4.74 Å². The summed E-state index contributed by atoms with van der Waals surface area (Å²) in [5.41, 5.74) is 2.55. The highest BCUT2D eigenvalue weighted by molar-refractivity contribution is 9.09. The molecule has 1 aromatic rings. The number of hydrogen-bond acceptors (Lipinski definition) is 1. The highest BCUT2D eigenvalue weighted by Gasteiger charge is 2.05. The third kappa shape index (κ3) is 3.03. The smallest absolute Gasteiger partial charge is 0.122 e. The Hall–Kier alpha value is -0.500. The molecule has 0 aliphatic heterocycles. The van der Waals surface area contributed by atoms with Crippen LogP contribution in [-0.4, -0.2) is 11.9 Å². The molecule has 0 N–H and O–H groups in total. The maximum atomic E-state index is 5.28. The minimum atomic E-state index is 0.489. The molecular formula is C11H15BrO. The Morgan fingerprint density at radius 1 is 1.46 bits per heavy atom. The van der Waals surface area contributed by atoms with Crippen LogP contribution in [0.4, 0.5) is 0 Å². The van der Waals surface area contributed by atoms with Crippen molar-refractivity contribution in [2.75, 3.05) is 7.11 Å². The Balaban J connectivity index is 2.94. The summed E-state index contributed by atoms with van der Waals surface area (Å²) in [6, 6.07) is 6.28. The fraction of sp³-hybridized carbons (Fsp3) is 0.455. The van der Waals surface area contributed by atoms with Crippen molar-refractivity contribution in [3.63, 3.8) is 0 Å². The van der Waals surface area contributed by atoms with Crippen LogP contribution in [0.2, 0.25) is 0 Å². The molecule has 2 heteroatoms. The van der Waals surface area contributed by atoms with E-state index in [1.54, 1.807) is 7.11 Å². The van der Waals surface area contributed by atoms with Crippen LogP contribution in [0, 0.1) is 6.92 Å². The van der Waals surface area contributed by atoms with Gasteiger partial charge < -0.3 is 4.74 Å². The van der Waals surface area contributed by atoms with E-state index < -0.39 is 0 Å². The molecule has 72 valence electrons. The monoisotopic (exact) mass is 242 g/mol. The lowest BCUT2D eigenvalue weighted by Gasteiger charge is -2.10. The normalized spacial score (nSPS) is 12.6. The third-order valence-electron chi connectivity index (χ3n) is 1.94. The van der Waals surface area contributed by atoms with Gasteiger partial charge in [0.15, 0.2) is 0 Å². The fourth-order valence-electron chi connectivity index (χ4n) is 1.37. The van der Waals surface area contributed by atoms with Crippen molar-refractivity contribution in [1.82, 2.24) is 0 Å². The maximum absolute atomic E-state index is 5.28. The van der Waals surface area contributed by atoms with Gasteiger partial charge in [0.1, 0.15) is 5.75 Å². The first kappa shape index (κ1) is 10.6. The van der Waals surface area contributed by atoms with Gasteiger partial charge in [-0.3, -0.25) is 0 Å². The Bertz CT molecular complexity index is 281. The van der Waals surface area contributed by atoms with Gasteiger partial charge in [0.2, 0.25) is 0 Å². The molecule has 0 aromatic heterocycles. The van der Waals surface area contributed by atoms with Crippen molar-refractivity contribution >= 4 is 15.9 Å². The molecule has 0 saturated carbocycles. The molecule has 0 aliphatic carbocycles. The highest BCUT2D eigenvalue weighted by atomic mass is 79.9. The summed E-state index contributed by atoms with van der Waals surface area (Å²) in [6.07, 6.45) is 1.00. The highest BCUT2D eigenvalue weighted by Crippen LogP contribution is 2.22. The topological polar surface area (TPSA) is 9.23 Å². The molecule has 0 fully saturated rings. The van der Waals surface area contributed by atoms with Gasteiger partial charge in [0.05, 0.1) is 7.11 Å². The quantitative estimate of drug-likeness (QED) is 0.740. The molecule has 1 rings (SSSR count). The van der Waals surface area contributed by atoms with Crippen LogP contribution >= 0.6 is 15.9 Å². The zero-order valence-corrected chi connectivity index (χ0v) is 9.89. The number of methoxy groups -OCH3 is 1. The summed E-state index contributed by atoms with van der Waals surface area (Å²) < 4.78 is 5.28. The number of benzene rings is 1. The minimum absolute atomic E-state index is 0.489. The summed E-state index contributed by atoms with van der Waals surface area (Å²) >= 11 is 3.54. The lowest BCUT2D eigenvalue weighted by atomic mass is 10.1. The Morgan fingerprint density at radius 2 is 2.15 bits per heavy atom. The molecule has 1 atom stereocenters. The molecule has 0 spiro atoms. The van der Waals surface area contributed by atoms with Crippen LogP contribution in [-0.2, 0) is 6.42 Å². The van der Waals surface area contributed by atoms with Gasteiger partial charge in [-0.05, 0) is 25.0 Å². The van der Waals surface area contributed by atoms with Gasteiger partial charge in [-0.1, -0.05) is 40.5 Å². The second-order valence-electron chi connectivity index (χ2n) is 3.30. The van der Waals surface area contributed by atoms with Gasteiger partial charge in [-0.15, -0.1) is 0 Å². The van der Waals surface area contributed by atoms with Crippen molar-refractivity contribution in [3.05, 3.63) is 29.3 Å². The number of alkyl halides is 1. The number of halogens is 1. The van der Waals surface area contributed by atoms with E-state index in [2.05, 4.69) is 41.9 Å². The SMILES string of the molecule is COc1ccc(C)cc1CC(C)Br. The minimum Gasteiger partial charge on any atom is -0.496 e. The second kappa shape index (κ2) is 4.66. The van der Waals surface area contributed by atoms with E-state index in [1.807, 2.05) is 6.07 Å². The van der Waals surface area contributed by atoms with E-state index in [4.69, 9.17) is 4.74 Å². The number of aryl methyl sites for hydroxylation is 1. The molecule has 0 heterocycles. The average Bonchev–Trinajstić information content (AvgIpc) is 2.03. The van der Waals surface area contributed by atoms with Gasteiger partial charge in [-0.25, -0.2) is 0 Å². The number of hydrogen-bond donors (Lipinski definition) is 0. The van der Waals surface area contributed by atoms with Gasteiger partial charge >= 0.3 is 0 Å². The molecule has 13 heavy (non-hydrogen) atoms. The van der Waals surface area contributed by atoms with Crippen molar-refractivity contribution in [2.45, 2.75) is 25.1 Å². The van der Waals surface area contributed by atoms with Crippen molar-refractivity contribution in [2.24, 2.45) is 0 Å². The molecule has 0 aliphatic rings. The maximum Gasteiger partial charge on any atom is 0.122 e. The fourth-order valence-corrected chi connectivity index (χ4v) is 1.72. The molecule has 0 saturated heterocycles. The van der Waals surface area contributed by atoms with Crippen molar-refractivity contribution in [3.8, 4) is 5.75 Å². The van der Waals surface area contributed by atoms with Gasteiger partial charge in [0, 0.05) is 4.83 Å². The molecule has 1 aromatic carbocycles. The van der Waals surface area contributed by atoms with Crippen LogP contribution in [0.25, 0.3) is 0 Å². The molecular weight excluding hydrogens is 228 g/mol. The summed E-state index contributed by atoms with van der Waals surface area (Å²) in [5.74, 6) is 0.983. The standard InChI is InChI=1S/C11H15BrO/c1-8-4-5-11(13-3)10(6-8)7-9(2)12/h4-6,9H,7H2,1-3H3. The van der Waals surface area contributed by atoms with Crippen molar-refractivity contribution in [1.29, 1.82) is 0 Å². The molecule has 1 nitrogen and oxygen atoms in total. The lowest BCUT2D eigenvalue weighted by molar-refractivity contribution is 0.409. The van der Waals surface area contributed by atoms with E-state index in [0.29, 0.717) is 4.83 Å². The van der Waals surface area contributed by atoms with E-state index >= 15 is 0 Å². The zero-order valence-electron chi connectivity index (χ0n) is 8.30. The average molecular weight is 243 g/mol. The summed E-state index contributed by atoms with van der Waals surface area (Å²) in [6.45, 7) is 4.24. The predicted octanol–water partition coefficient (Wildman–Crippen LogP) is 3.33. The Kier molecular flexibility index (Phi) is 3.79. The van der Waals surface area contributed by atoms with E-state index in [0.717, 1.165) is 12.2 Å². The van der Waals surface area contributed by atoms with E-state index in [9.17, 15) is 0 Å². The van der Waals surface area contributed by atoms with Crippen LogP contribution in [0.15, 0.2) is 18.2 Å². The second-order valence-corrected chi connectivity index (χ2v) is 4.86. The van der Waals surface area contributed by atoms with Gasteiger partial charge in [0.25, 0.3) is 0 Å². The summed E-state index contributed by atoms with van der Waals surface area (Å²) in [7, 11) is 1.72. The Morgan fingerprint density at radius 3 is 2.69 bits per heavy atom. The van der Waals surface area contributed by atoms with Gasteiger partial charge in [-0.2, -0.15) is 0 Å². The Labute approximate surface area is 88.2 Å². The first-order chi connectivity index (χ1) is 6.13. The van der Waals surface area contributed by atoms with Crippen LogP contribution in [0.1, 0.15) is 18.1 Å². The summed E-state index contributed by atoms with van der Waals surface area (Å²) in [4.78, 5) is 0.489. The lowest BCUT2D eigenvalue weighted by Crippen LogP contribution is -1.99. The predicted molar refractivity (Wildman–Crippen MR) is 59.8 cm³/mol.